The summed E-state index contributed by atoms with van der Waals surface area (Å²) in [6.07, 6.45) is 4.22. The molecular formula is C24H19FN2O. The number of carbonyl (C=O) groups excluding carboxylic acids is 1. The van der Waals surface area contributed by atoms with E-state index in [0.29, 0.717) is 11.4 Å². The Morgan fingerprint density at radius 3 is 2.50 bits per heavy atom. The molecule has 0 unspecified atom stereocenters. The monoisotopic (exact) mass is 370 g/mol. The van der Waals surface area contributed by atoms with Crippen LogP contribution >= 0.6 is 0 Å². The second kappa shape index (κ2) is 7.66. The molecule has 1 aromatic heterocycles. The van der Waals surface area contributed by atoms with Crippen LogP contribution in [0, 0.1) is 17.7 Å². The lowest BCUT2D eigenvalue weighted by Crippen LogP contribution is -2.46. The first-order valence-corrected chi connectivity index (χ1v) is 9.26. The minimum Gasteiger partial charge on any atom is -0.325 e. The number of halogens is 1. The van der Waals surface area contributed by atoms with Gasteiger partial charge in [-0.25, -0.2) is 9.37 Å². The van der Waals surface area contributed by atoms with Crippen molar-refractivity contribution in [2.45, 2.75) is 24.7 Å². The number of anilines is 1. The molecule has 1 fully saturated rings. The van der Waals surface area contributed by atoms with Crippen LogP contribution in [0.4, 0.5) is 10.1 Å². The van der Waals surface area contributed by atoms with Crippen molar-refractivity contribution in [1.82, 2.24) is 4.98 Å². The van der Waals surface area contributed by atoms with Gasteiger partial charge in [-0.15, -0.1) is 0 Å². The van der Waals surface area contributed by atoms with Gasteiger partial charge in [-0.2, -0.15) is 0 Å². The van der Waals surface area contributed by atoms with Crippen LogP contribution in [0.3, 0.4) is 0 Å². The molecule has 0 radical (unpaired) electrons. The Kier molecular flexibility index (Phi) is 4.90. The van der Waals surface area contributed by atoms with E-state index in [-0.39, 0.29) is 11.7 Å². The fourth-order valence-electron chi connectivity index (χ4n) is 3.44. The summed E-state index contributed by atoms with van der Waals surface area (Å²) in [5, 5.41) is 3.02. The summed E-state index contributed by atoms with van der Waals surface area (Å²) in [7, 11) is 0. The van der Waals surface area contributed by atoms with Crippen LogP contribution in [0.15, 0.2) is 72.9 Å². The number of rotatable bonds is 3. The zero-order chi connectivity index (χ0) is 19.4. The molecule has 1 heterocycles. The van der Waals surface area contributed by atoms with Gasteiger partial charge in [0.25, 0.3) is 0 Å². The third kappa shape index (κ3) is 3.65. The predicted octanol–water partition coefficient (Wildman–Crippen LogP) is 4.68. The van der Waals surface area contributed by atoms with Crippen LogP contribution in [0.5, 0.6) is 0 Å². The SMILES string of the molecule is O=C(Nc1cccc(C#Cc2ccccn2)c1)C1(c2ccc(F)cc2)CCC1. The number of hydrogen-bond acceptors (Lipinski definition) is 2. The smallest absolute Gasteiger partial charge is 0.235 e. The number of hydrogen-bond donors (Lipinski definition) is 1. The number of nitrogens with one attached hydrogen (secondary N) is 1. The Balaban J connectivity index is 1.53. The molecule has 1 aliphatic rings. The topological polar surface area (TPSA) is 42.0 Å². The fraction of sp³-hybridized carbons (Fsp3) is 0.167. The Morgan fingerprint density at radius 1 is 1.00 bits per heavy atom. The van der Waals surface area contributed by atoms with E-state index < -0.39 is 5.41 Å². The highest BCUT2D eigenvalue weighted by molar-refractivity contribution is 6.00. The van der Waals surface area contributed by atoms with Crippen LogP contribution < -0.4 is 5.32 Å². The van der Waals surface area contributed by atoms with E-state index in [4.69, 9.17) is 0 Å². The van der Waals surface area contributed by atoms with Crippen molar-refractivity contribution < 1.29 is 9.18 Å². The maximum absolute atomic E-state index is 13.3. The van der Waals surface area contributed by atoms with Crippen molar-refractivity contribution in [3.8, 4) is 11.8 Å². The molecule has 0 atom stereocenters. The van der Waals surface area contributed by atoms with Gasteiger partial charge in [-0.3, -0.25) is 4.79 Å². The number of amides is 1. The van der Waals surface area contributed by atoms with Gasteiger partial charge in [0, 0.05) is 17.4 Å². The summed E-state index contributed by atoms with van der Waals surface area (Å²) in [4.78, 5) is 17.2. The zero-order valence-corrected chi connectivity index (χ0v) is 15.3. The summed E-state index contributed by atoms with van der Waals surface area (Å²) in [6.45, 7) is 0. The van der Waals surface area contributed by atoms with Crippen LogP contribution in [-0.2, 0) is 10.2 Å². The van der Waals surface area contributed by atoms with Crippen molar-refractivity contribution in [3.63, 3.8) is 0 Å². The maximum Gasteiger partial charge on any atom is 0.235 e. The lowest BCUT2D eigenvalue weighted by molar-refractivity contribution is -0.124. The summed E-state index contributed by atoms with van der Waals surface area (Å²) >= 11 is 0. The van der Waals surface area contributed by atoms with E-state index in [1.165, 1.54) is 12.1 Å². The van der Waals surface area contributed by atoms with Crippen molar-refractivity contribution in [2.24, 2.45) is 0 Å². The molecule has 4 heteroatoms. The van der Waals surface area contributed by atoms with Crippen molar-refractivity contribution >= 4 is 11.6 Å². The quantitative estimate of drug-likeness (QED) is 0.680. The van der Waals surface area contributed by atoms with Crippen molar-refractivity contribution in [2.75, 3.05) is 5.32 Å². The second-order valence-corrected chi connectivity index (χ2v) is 6.94. The van der Waals surface area contributed by atoms with Gasteiger partial charge < -0.3 is 5.32 Å². The Labute approximate surface area is 163 Å². The van der Waals surface area contributed by atoms with Crippen molar-refractivity contribution in [1.29, 1.82) is 0 Å². The number of pyridine rings is 1. The number of carbonyl (C=O) groups is 1. The average molecular weight is 370 g/mol. The van der Waals surface area contributed by atoms with E-state index in [0.717, 1.165) is 30.4 Å². The lowest BCUT2D eigenvalue weighted by Gasteiger charge is -2.40. The highest BCUT2D eigenvalue weighted by Crippen LogP contribution is 2.44. The molecule has 0 saturated heterocycles. The molecule has 2 aromatic carbocycles. The molecule has 1 amide bonds. The summed E-state index contributed by atoms with van der Waals surface area (Å²) < 4.78 is 13.3. The summed E-state index contributed by atoms with van der Waals surface area (Å²) in [6, 6.07) is 19.3. The van der Waals surface area contributed by atoms with Crippen LogP contribution in [0.2, 0.25) is 0 Å². The lowest BCUT2D eigenvalue weighted by atomic mass is 9.64. The Morgan fingerprint density at radius 2 is 1.82 bits per heavy atom. The molecule has 1 N–H and O–H groups in total. The van der Waals surface area contributed by atoms with Crippen LogP contribution in [0.25, 0.3) is 0 Å². The molecule has 0 bridgehead atoms. The first-order chi connectivity index (χ1) is 13.7. The average Bonchev–Trinajstić information content (AvgIpc) is 2.68. The largest absolute Gasteiger partial charge is 0.325 e. The Bertz CT molecular complexity index is 1050. The van der Waals surface area contributed by atoms with E-state index in [1.54, 1.807) is 18.3 Å². The molecule has 1 saturated carbocycles. The molecule has 0 aliphatic heterocycles. The van der Waals surface area contributed by atoms with Gasteiger partial charge in [0.1, 0.15) is 11.5 Å². The normalized spacial score (nSPS) is 14.3. The van der Waals surface area contributed by atoms with Gasteiger partial charge in [-0.1, -0.05) is 36.6 Å². The third-order valence-electron chi connectivity index (χ3n) is 5.16. The zero-order valence-electron chi connectivity index (χ0n) is 15.3. The standard InChI is InChI=1S/C24H19FN2O/c25-20-11-9-19(10-12-20)24(14-4-15-24)23(28)27-22-7-3-5-18(17-22)8-13-21-6-1-2-16-26-21/h1-3,5-7,9-12,16-17H,4,14-15H2,(H,27,28). The van der Waals surface area contributed by atoms with Gasteiger partial charge in [0.05, 0.1) is 5.41 Å². The molecule has 3 aromatic rings. The first-order valence-electron chi connectivity index (χ1n) is 9.26. The van der Waals surface area contributed by atoms with Gasteiger partial charge >= 0.3 is 0 Å². The second-order valence-electron chi connectivity index (χ2n) is 6.94. The van der Waals surface area contributed by atoms with E-state index in [1.807, 2.05) is 42.5 Å². The predicted molar refractivity (Wildman–Crippen MR) is 107 cm³/mol. The molecule has 28 heavy (non-hydrogen) atoms. The minimum absolute atomic E-state index is 0.0554. The maximum atomic E-state index is 13.3. The number of aromatic nitrogens is 1. The highest BCUT2D eigenvalue weighted by Gasteiger charge is 2.45. The van der Waals surface area contributed by atoms with E-state index >= 15 is 0 Å². The van der Waals surface area contributed by atoms with E-state index in [2.05, 4.69) is 22.1 Å². The minimum atomic E-state index is -0.580. The summed E-state index contributed by atoms with van der Waals surface area (Å²) in [5.74, 6) is 5.74. The van der Waals surface area contributed by atoms with Gasteiger partial charge in [0.15, 0.2) is 0 Å². The van der Waals surface area contributed by atoms with Gasteiger partial charge in [-0.05, 0) is 66.8 Å². The van der Waals surface area contributed by atoms with Crippen molar-refractivity contribution in [3.05, 3.63) is 95.6 Å². The number of benzene rings is 2. The Hall–Kier alpha value is -3.45. The summed E-state index contributed by atoms with van der Waals surface area (Å²) in [5.41, 5.74) is 2.48. The molecule has 0 spiro atoms. The molecule has 138 valence electrons. The van der Waals surface area contributed by atoms with Gasteiger partial charge in [0.2, 0.25) is 5.91 Å². The first kappa shape index (κ1) is 17.9. The van der Waals surface area contributed by atoms with Crippen LogP contribution in [0.1, 0.15) is 36.1 Å². The van der Waals surface area contributed by atoms with E-state index in [9.17, 15) is 9.18 Å². The molecule has 4 rings (SSSR count). The molecule has 1 aliphatic carbocycles. The number of nitrogens with zero attached hydrogens (tertiary/aromatic N) is 1. The molecular weight excluding hydrogens is 351 g/mol. The van der Waals surface area contributed by atoms with Crippen LogP contribution in [-0.4, -0.2) is 10.9 Å². The molecule has 3 nitrogen and oxygen atoms in total. The third-order valence-corrected chi connectivity index (χ3v) is 5.16. The highest BCUT2D eigenvalue weighted by atomic mass is 19.1. The fourth-order valence-corrected chi connectivity index (χ4v) is 3.44.